The Balaban J connectivity index is 2.26. The molecule has 0 unspecified atom stereocenters. The SMILES string of the molecule is Cc1cccc(C(=O)Nc2ccccc2OC(F)F)c1F. The van der Waals surface area contributed by atoms with Gasteiger partial charge in [-0.15, -0.1) is 0 Å². The Morgan fingerprint density at radius 1 is 1.14 bits per heavy atom. The van der Waals surface area contributed by atoms with Crippen molar-refractivity contribution in [2.45, 2.75) is 13.5 Å². The predicted molar refractivity (Wildman–Crippen MR) is 72.2 cm³/mol. The van der Waals surface area contributed by atoms with Gasteiger partial charge < -0.3 is 10.1 Å². The molecule has 0 bridgehead atoms. The molecule has 0 aliphatic heterocycles. The van der Waals surface area contributed by atoms with Crippen LogP contribution in [0.15, 0.2) is 42.5 Å². The van der Waals surface area contributed by atoms with E-state index in [-0.39, 0.29) is 17.0 Å². The van der Waals surface area contributed by atoms with E-state index in [1.165, 1.54) is 43.3 Å². The molecule has 0 atom stereocenters. The van der Waals surface area contributed by atoms with Crippen LogP contribution in [0.1, 0.15) is 15.9 Å². The Hall–Kier alpha value is -2.50. The van der Waals surface area contributed by atoms with Gasteiger partial charge in [-0.2, -0.15) is 8.78 Å². The minimum atomic E-state index is -3.02. The van der Waals surface area contributed by atoms with E-state index in [1.54, 1.807) is 6.07 Å². The lowest BCUT2D eigenvalue weighted by molar-refractivity contribution is -0.0493. The first-order valence-corrected chi connectivity index (χ1v) is 6.09. The fraction of sp³-hybridized carbons (Fsp3) is 0.133. The van der Waals surface area contributed by atoms with Crippen LogP contribution in [0, 0.1) is 12.7 Å². The van der Waals surface area contributed by atoms with Crippen LogP contribution in [0.3, 0.4) is 0 Å². The van der Waals surface area contributed by atoms with Gasteiger partial charge in [-0.25, -0.2) is 4.39 Å². The highest BCUT2D eigenvalue weighted by Crippen LogP contribution is 2.26. The normalized spacial score (nSPS) is 10.5. The number of alkyl halides is 2. The summed E-state index contributed by atoms with van der Waals surface area (Å²) in [5, 5.41) is 2.36. The van der Waals surface area contributed by atoms with E-state index in [1.807, 2.05) is 0 Å². The summed E-state index contributed by atoms with van der Waals surface area (Å²) in [5.74, 6) is -1.57. The zero-order valence-corrected chi connectivity index (χ0v) is 11.1. The smallest absolute Gasteiger partial charge is 0.387 e. The van der Waals surface area contributed by atoms with Crippen molar-refractivity contribution in [1.29, 1.82) is 0 Å². The number of aryl methyl sites for hydroxylation is 1. The summed E-state index contributed by atoms with van der Waals surface area (Å²) >= 11 is 0. The Bertz CT molecular complexity index is 659. The van der Waals surface area contributed by atoms with Gasteiger partial charge in [0.15, 0.2) is 0 Å². The number of anilines is 1. The van der Waals surface area contributed by atoms with E-state index in [0.717, 1.165) is 0 Å². The highest BCUT2D eigenvalue weighted by molar-refractivity contribution is 6.05. The van der Waals surface area contributed by atoms with Crippen LogP contribution in [0.2, 0.25) is 0 Å². The largest absolute Gasteiger partial charge is 0.433 e. The van der Waals surface area contributed by atoms with Crippen molar-refractivity contribution in [3.63, 3.8) is 0 Å². The second kappa shape index (κ2) is 6.30. The quantitative estimate of drug-likeness (QED) is 0.926. The lowest BCUT2D eigenvalue weighted by Gasteiger charge is -2.12. The summed E-state index contributed by atoms with van der Waals surface area (Å²) in [5.41, 5.74) is 0.199. The molecule has 0 spiro atoms. The first-order chi connectivity index (χ1) is 9.99. The standard InChI is InChI=1S/C15H12F3NO2/c1-9-5-4-6-10(13(9)16)14(20)19-11-7-2-3-8-12(11)21-15(17)18/h2-8,15H,1H3,(H,19,20). The molecule has 110 valence electrons. The third-order valence-corrected chi connectivity index (χ3v) is 2.79. The van der Waals surface area contributed by atoms with Crippen molar-refractivity contribution in [2.24, 2.45) is 0 Å². The van der Waals surface area contributed by atoms with Crippen LogP contribution in [-0.4, -0.2) is 12.5 Å². The molecule has 6 heteroatoms. The summed E-state index contributed by atoms with van der Waals surface area (Å²) in [4.78, 5) is 12.0. The zero-order chi connectivity index (χ0) is 15.4. The maximum absolute atomic E-state index is 13.9. The van der Waals surface area contributed by atoms with E-state index < -0.39 is 18.3 Å². The van der Waals surface area contributed by atoms with Crippen LogP contribution in [0.25, 0.3) is 0 Å². The van der Waals surface area contributed by atoms with Crippen molar-refractivity contribution in [3.8, 4) is 5.75 Å². The molecule has 1 amide bonds. The minimum Gasteiger partial charge on any atom is -0.433 e. The summed E-state index contributed by atoms with van der Waals surface area (Å²) in [6.45, 7) is -1.49. The second-order valence-corrected chi connectivity index (χ2v) is 4.27. The Labute approximate surface area is 119 Å². The number of carbonyl (C=O) groups is 1. The highest BCUT2D eigenvalue weighted by atomic mass is 19.3. The summed E-state index contributed by atoms with van der Waals surface area (Å²) in [6.07, 6.45) is 0. The molecule has 0 saturated heterocycles. The number of rotatable bonds is 4. The summed E-state index contributed by atoms with van der Waals surface area (Å²) in [6, 6.07) is 10.1. The fourth-order valence-electron chi connectivity index (χ4n) is 1.78. The molecular weight excluding hydrogens is 283 g/mol. The van der Waals surface area contributed by atoms with E-state index in [4.69, 9.17) is 0 Å². The first kappa shape index (κ1) is 14.9. The van der Waals surface area contributed by atoms with Crippen LogP contribution in [0.4, 0.5) is 18.9 Å². The molecule has 0 aromatic heterocycles. The van der Waals surface area contributed by atoms with Gasteiger partial charge in [0.2, 0.25) is 0 Å². The van der Waals surface area contributed by atoms with Crippen LogP contribution in [-0.2, 0) is 0 Å². The Kier molecular flexibility index (Phi) is 4.47. The van der Waals surface area contributed by atoms with Crippen molar-refractivity contribution in [3.05, 3.63) is 59.4 Å². The zero-order valence-electron chi connectivity index (χ0n) is 11.1. The lowest BCUT2D eigenvalue weighted by Crippen LogP contribution is -2.15. The molecule has 2 aromatic carbocycles. The van der Waals surface area contributed by atoms with E-state index in [0.29, 0.717) is 5.56 Å². The highest BCUT2D eigenvalue weighted by Gasteiger charge is 2.16. The number of hydrogen-bond donors (Lipinski definition) is 1. The number of ether oxygens (including phenoxy) is 1. The molecule has 2 aromatic rings. The number of amides is 1. The lowest BCUT2D eigenvalue weighted by atomic mass is 10.1. The average molecular weight is 295 g/mol. The van der Waals surface area contributed by atoms with Crippen LogP contribution >= 0.6 is 0 Å². The maximum Gasteiger partial charge on any atom is 0.387 e. The first-order valence-electron chi connectivity index (χ1n) is 6.09. The van der Waals surface area contributed by atoms with Gasteiger partial charge in [0, 0.05) is 0 Å². The molecular formula is C15H12F3NO2. The van der Waals surface area contributed by atoms with E-state index in [2.05, 4.69) is 10.1 Å². The molecule has 0 fully saturated rings. The molecule has 1 N–H and O–H groups in total. The number of hydrogen-bond acceptors (Lipinski definition) is 2. The number of carbonyl (C=O) groups excluding carboxylic acids is 1. The molecule has 2 rings (SSSR count). The van der Waals surface area contributed by atoms with Gasteiger partial charge in [0.1, 0.15) is 11.6 Å². The van der Waals surface area contributed by atoms with Gasteiger partial charge in [-0.05, 0) is 30.7 Å². The Morgan fingerprint density at radius 2 is 1.86 bits per heavy atom. The Morgan fingerprint density at radius 3 is 2.57 bits per heavy atom. The summed E-state index contributed by atoms with van der Waals surface area (Å²) in [7, 11) is 0. The summed E-state index contributed by atoms with van der Waals surface area (Å²) < 4.78 is 42.7. The number of benzene rings is 2. The maximum atomic E-state index is 13.9. The monoisotopic (exact) mass is 295 g/mol. The second-order valence-electron chi connectivity index (χ2n) is 4.27. The predicted octanol–water partition coefficient (Wildman–Crippen LogP) is 3.99. The van der Waals surface area contributed by atoms with Crippen LogP contribution < -0.4 is 10.1 Å². The molecule has 0 saturated carbocycles. The van der Waals surface area contributed by atoms with Gasteiger partial charge in [-0.3, -0.25) is 4.79 Å². The fourth-order valence-corrected chi connectivity index (χ4v) is 1.78. The topological polar surface area (TPSA) is 38.3 Å². The van der Waals surface area contributed by atoms with Gasteiger partial charge in [-0.1, -0.05) is 24.3 Å². The van der Waals surface area contributed by atoms with Gasteiger partial charge in [0.25, 0.3) is 5.91 Å². The van der Waals surface area contributed by atoms with Crippen molar-refractivity contribution < 1.29 is 22.7 Å². The minimum absolute atomic E-state index is 0.0451. The molecule has 0 aliphatic carbocycles. The number of nitrogens with one attached hydrogen (secondary N) is 1. The molecule has 21 heavy (non-hydrogen) atoms. The van der Waals surface area contributed by atoms with Gasteiger partial charge >= 0.3 is 6.61 Å². The van der Waals surface area contributed by atoms with Crippen molar-refractivity contribution >= 4 is 11.6 Å². The van der Waals surface area contributed by atoms with Gasteiger partial charge in [0.05, 0.1) is 11.3 Å². The number of para-hydroxylation sites is 2. The molecule has 0 radical (unpaired) electrons. The average Bonchev–Trinajstić information content (AvgIpc) is 2.43. The van der Waals surface area contributed by atoms with E-state index in [9.17, 15) is 18.0 Å². The van der Waals surface area contributed by atoms with Crippen molar-refractivity contribution in [2.75, 3.05) is 5.32 Å². The molecule has 0 heterocycles. The number of halogens is 3. The molecule has 0 aliphatic rings. The third-order valence-electron chi connectivity index (χ3n) is 2.79. The van der Waals surface area contributed by atoms with Crippen molar-refractivity contribution in [1.82, 2.24) is 0 Å². The van der Waals surface area contributed by atoms with Crippen LogP contribution in [0.5, 0.6) is 5.75 Å². The van der Waals surface area contributed by atoms with E-state index >= 15 is 0 Å². The molecule has 3 nitrogen and oxygen atoms in total. The third kappa shape index (κ3) is 3.53.